The molecule has 0 spiro atoms. The predicted octanol–water partition coefficient (Wildman–Crippen LogP) is 2.00. The minimum Gasteiger partial charge on any atom is -0.480 e. The quantitative estimate of drug-likeness (QED) is 0.672. The molecule has 0 amide bonds. The number of para-hydroxylation sites is 1. The van der Waals surface area contributed by atoms with E-state index >= 15 is 0 Å². The van der Waals surface area contributed by atoms with E-state index in [-0.39, 0.29) is 6.54 Å². The highest BCUT2D eigenvalue weighted by Crippen LogP contribution is 2.41. The predicted molar refractivity (Wildman–Crippen MR) is 105 cm³/mol. The first-order chi connectivity index (χ1) is 13.6. The van der Waals surface area contributed by atoms with Crippen LogP contribution in [0.1, 0.15) is 6.42 Å². The Bertz CT molecular complexity index is 1040. The summed E-state index contributed by atoms with van der Waals surface area (Å²) in [6, 6.07) is 8.76. The molecule has 144 valence electrons. The van der Waals surface area contributed by atoms with E-state index in [0.717, 1.165) is 45.0 Å². The van der Waals surface area contributed by atoms with Crippen molar-refractivity contribution in [3.63, 3.8) is 0 Å². The lowest BCUT2D eigenvalue weighted by molar-refractivity contribution is -0.138. The van der Waals surface area contributed by atoms with Crippen molar-refractivity contribution < 1.29 is 9.90 Å². The SMILES string of the molecule is O=C(O)Cn1nnc(-c2cnc(N3CC4CC3CN4c3ccccc3Cl)s2)n1. The van der Waals surface area contributed by atoms with Gasteiger partial charge in [-0.3, -0.25) is 4.79 Å². The highest BCUT2D eigenvalue weighted by Gasteiger charge is 2.44. The average molecular weight is 418 g/mol. The Hall–Kier alpha value is -2.72. The van der Waals surface area contributed by atoms with Gasteiger partial charge in [-0.25, -0.2) is 4.98 Å². The van der Waals surface area contributed by atoms with E-state index in [1.807, 2.05) is 18.2 Å². The van der Waals surface area contributed by atoms with Gasteiger partial charge in [-0.1, -0.05) is 35.1 Å². The molecule has 2 atom stereocenters. The molecule has 2 aliphatic rings. The van der Waals surface area contributed by atoms with Gasteiger partial charge in [0.15, 0.2) is 11.7 Å². The Morgan fingerprint density at radius 1 is 1.25 bits per heavy atom. The third kappa shape index (κ3) is 2.98. The second-order valence-electron chi connectivity index (χ2n) is 6.84. The number of hydrogen-bond donors (Lipinski definition) is 1. The molecule has 0 aliphatic carbocycles. The van der Waals surface area contributed by atoms with Crippen LogP contribution in [0.15, 0.2) is 30.5 Å². The summed E-state index contributed by atoms with van der Waals surface area (Å²) in [6.07, 6.45) is 2.80. The minimum absolute atomic E-state index is 0.313. The van der Waals surface area contributed by atoms with Gasteiger partial charge in [0.25, 0.3) is 0 Å². The molecule has 11 heteroatoms. The second kappa shape index (κ2) is 6.71. The maximum atomic E-state index is 10.8. The van der Waals surface area contributed by atoms with Crippen LogP contribution in [0.5, 0.6) is 0 Å². The number of halogens is 1. The number of aliphatic carboxylic acids is 1. The first-order valence-corrected chi connectivity index (χ1v) is 10.0. The summed E-state index contributed by atoms with van der Waals surface area (Å²) in [4.78, 5) is 21.9. The molecule has 1 aromatic carbocycles. The van der Waals surface area contributed by atoms with E-state index in [1.165, 1.54) is 11.3 Å². The molecule has 4 heterocycles. The number of hydrogen-bond acceptors (Lipinski definition) is 8. The van der Waals surface area contributed by atoms with Crippen molar-refractivity contribution in [1.82, 2.24) is 25.2 Å². The Morgan fingerprint density at radius 3 is 2.79 bits per heavy atom. The summed E-state index contributed by atoms with van der Waals surface area (Å²) in [6.45, 7) is 1.49. The maximum absolute atomic E-state index is 10.8. The average Bonchev–Trinajstić information content (AvgIpc) is 3.44. The molecule has 0 saturated carbocycles. The summed E-state index contributed by atoms with van der Waals surface area (Å²) in [5.74, 6) is -0.614. The number of nitrogens with zero attached hydrogens (tertiary/aromatic N) is 7. The molecular formula is C17H16ClN7O2S. The number of benzene rings is 1. The van der Waals surface area contributed by atoms with Gasteiger partial charge in [-0.05, 0) is 23.8 Å². The van der Waals surface area contributed by atoms with Gasteiger partial charge in [-0.15, -0.1) is 10.2 Å². The fraction of sp³-hybridized carbons (Fsp3) is 0.353. The van der Waals surface area contributed by atoms with Crippen molar-refractivity contribution >= 4 is 39.7 Å². The van der Waals surface area contributed by atoms with Gasteiger partial charge in [0.05, 0.1) is 27.8 Å². The number of tetrazole rings is 1. The van der Waals surface area contributed by atoms with Crippen LogP contribution in [0.2, 0.25) is 5.02 Å². The third-order valence-electron chi connectivity index (χ3n) is 5.09. The molecule has 3 aromatic rings. The van der Waals surface area contributed by atoms with Gasteiger partial charge in [0.1, 0.15) is 0 Å². The maximum Gasteiger partial charge on any atom is 0.327 e. The molecule has 2 aliphatic heterocycles. The van der Waals surface area contributed by atoms with Crippen LogP contribution in [0, 0.1) is 0 Å². The van der Waals surface area contributed by atoms with Crippen LogP contribution in [-0.2, 0) is 11.3 Å². The van der Waals surface area contributed by atoms with Crippen LogP contribution >= 0.6 is 22.9 Å². The summed E-state index contributed by atoms with van der Waals surface area (Å²) in [5.41, 5.74) is 1.09. The number of carbonyl (C=O) groups is 1. The highest BCUT2D eigenvalue weighted by atomic mass is 35.5. The van der Waals surface area contributed by atoms with Crippen LogP contribution in [0.25, 0.3) is 10.7 Å². The van der Waals surface area contributed by atoms with Crippen LogP contribution in [-0.4, -0.2) is 61.4 Å². The number of aromatic nitrogens is 5. The number of piperazine rings is 1. The molecule has 2 fully saturated rings. The lowest BCUT2D eigenvalue weighted by Crippen LogP contribution is -2.46. The fourth-order valence-electron chi connectivity index (χ4n) is 3.91. The van der Waals surface area contributed by atoms with Crippen molar-refractivity contribution in [3.05, 3.63) is 35.5 Å². The highest BCUT2D eigenvalue weighted by molar-refractivity contribution is 7.18. The number of thiazole rings is 1. The summed E-state index contributed by atoms with van der Waals surface area (Å²) >= 11 is 7.88. The molecule has 9 nitrogen and oxygen atoms in total. The van der Waals surface area contributed by atoms with Gasteiger partial charge < -0.3 is 14.9 Å². The molecule has 2 unspecified atom stereocenters. The van der Waals surface area contributed by atoms with Crippen molar-refractivity contribution in [2.24, 2.45) is 0 Å². The summed E-state index contributed by atoms with van der Waals surface area (Å²) in [7, 11) is 0. The number of rotatable bonds is 5. The molecule has 2 saturated heterocycles. The van der Waals surface area contributed by atoms with Crippen molar-refractivity contribution in [2.45, 2.75) is 25.0 Å². The van der Waals surface area contributed by atoms with Gasteiger partial charge in [-0.2, -0.15) is 4.80 Å². The lowest BCUT2D eigenvalue weighted by Gasteiger charge is -2.35. The number of carboxylic acid groups (broad SMARTS) is 1. The zero-order chi connectivity index (χ0) is 19.3. The molecule has 1 N–H and O–H groups in total. The van der Waals surface area contributed by atoms with E-state index in [2.05, 4.69) is 36.3 Å². The Balaban J connectivity index is 1.31. The number of carboxylic acids is 1. The van der Waals surface area contributed by atoms with E-state index in [0.29, 0.717) is 17.9 Å². The number of fused-ring (bicyclic) bond motifs is 2. The normalized spacial score (nSPS) is 20.9. The summed E-state index contributed by atoms with van der Waals surface area (Å²) < 4.78 is 0. The van der Waals surface area contributed by atoms with Gasteiger partial charge >= 0.3 is 5.97 Å². The zero-order valence-corrected chi connectivity index (χ0v) is 16.2. The summed E-state index contributed by atoms with van der Waals surface area (Å²) in [5, 5.41) is 22.4. The van der Waals surface area contributed by atoms with Crippen molar-refractivity contribution in [1.29, 1.82) is 0 Å². The smallest absolute Gasteiger partial charge is 0.327 e. The standard InChI is InChI=1S/C17H16ClN7O2S/c18-12-3-1-2-4-13(12)23-7-11-5-10(23)8-24(11)17-19-6-14(28-17)16-20-22-25(21-16)9-15(26)27/h1-4,6,10-11H,5,7-9H2,(H,26,27). The third-order valence-corrected chi connectivity index (χ3v) is 6.44. The van der Waals surface area contributed by atoms with Crippen LogP contribution in [0.4, 0.5) is 10.8 Å². The Morgan fingerprint density at radius 2 is 2.04 bits per heavy atom. The second-order valence-corrected chi connectivity index (χ2v) is 8.26. The monoisotopic (exact) mass is 417 g/mol. The first kappa shape index (κ1) is 17.4. The first-order valence-electron chi connectivity index (χ1n) is 8.82. The number of anilines is 2. The van der Waals surface area contributed by atoms with E-state index in [1.54, 1.807) is 6.20 Å². The van der Waals surface area contributed by atoms with E-state index in [4.69, 9.17) is 16.7 Å². The molecule has 2 aromatic heterocycles. The molecular weight excluding hydrogens is 402 g/mol. The van der Waals surface area contributed by atoms with E-state index < -0.39 is 5.97 Å². The topological polar surface area (TPSA) is 100 Å². The van der Waals surface area contributed by atoms with Gasteiger partial charge in [0, 0.05) is 19.1 Å². The molecule has 5 rings (SSSR count). The van der Waals surface area contributed by atoms with Crippen molar-refractivity contribution in [2.75, 3.05) is 22.9 Å². The minimum atomic E-state index is -1.01. The van der Waals surface area contributed by atoms with Crippen LogP contribution in [0.3, 0.4) is 0 Å². The lowest BCUT2D eigenvalue weighted by atomic mass is 10.2. The molecule has 2 bridgehead atoms. The van der Waals surface area contributed by atoms with E-state index in [9.17, 15) is 4.79 Å². The molecule has 0 radical (unpaired) electrons. The molecule has 28 heavy (non-hydrogen) atoms. The van der Waals surface area contributed by atoms with Crippen molar-refractivity contribution in [3.8, 4) is 10.7 Å². The van der Waals surface area contributed by atoms with Crippen LogP contribution < -0.4 is 9.80 Å². The largest absolute Gasteiger partial charge is 0.480 e. The zero-order valence-electron chi connectivity index (χ0n) is 14.6. The Labute approximate surface area is 169 Å². The Kier molecular flexibility index (Phi) is 4.17. The van der Waals surface area contributed by atoms with Gasteiger partial charge in [0.2, 0.25) is 5.82 Å². The fourth-order valence-corrected chi connectivity index (χ4v) is 5.08.